The minimum Gasteiger partial charge on any atom is -0.378 e. The summed E-state index contributed by atoms with van der Waals surface area (Å²) < 4.78 is 63.7. The zero-order chi connectivity index (χ0) is 28.2. The molecule has 40 heavy (non-hydrogen) atoms. The number of imidazole rings is 1. The number of aryl methyl sites for hydroxylation is 1. The van der Waals surface area contributed by atoms with Gasteiger partial charge >= 0.3 is 5.51 Å². The highest BCUT2D eigenvalue weighted by atomic mass is 32.2. The third-order valence-electron chi connectivity index (χ3n) is 7.41. The van der Waals surface area contributed by atoms with Gasteiger partial charge in [0.05, 0.1) is 34.2 Å². The normalized spacial score (nSPS) is 23.1. The Hall–Kier alpha value is -3.17. The summed E-state index contributed by atoms with van der Waals surface area (Å²) in [6.07, 6.45) is 4.27. The molecule has 5 heterocycles. The summed E-state index contributed by atoms with van der Waals surface area (Å²) in [4.78, 5) is 22.7. The maximum absolute atomic E-state index is 15.4. The van der Waals surface area contributed by atoms with E-state index in [9.17, 15) is 18.0 Å². The number of benzene rings is 1. The number of nitrogens with zero attached hydrogens (tertiary/aromatic N) is 5. The molecule has 2 aliphatic heterocycles. The highest BCUT2D eigenvalue weighted by molar-refractivity contribution is 8.00. The van der Waals surface area contributed by atoms with Crippen molar-refractivity contribution in [1.82, 2.24) is 29.9 Å². The molecule has 0 radical (unpaired) electrons. The first-order chi connectivity index (χ1) is 19.1. The van der Waals surface area contributed by atoms with E-state index >= 15 is 4.39 Å². The molecule has 4 aromatic rings. The Labute approximate surface area is 234 Å². The van der Waals surface area contributed by atoms with E-state index in [1.54, 1.807) is 36.0 Å². The number of rotatable bonds is 7. The lowest BCUT2D eigenvalue weighted by atomic mass is 9.95. The Morgan fingerprint density at radius 3 is 2.85 bits per heavy atom. The number of carbonyl (C=O) groups is 1. The van der Waals surface area contributed by atoms with Crippen molar-refractivity contribution in [3.63, 3.8) is 0 Å². The van der Waals surface area contributed by atoms with Crippen LogP contribution in [0.4, 0.5) is 23.2 Å². The minimum atomic E-state index is -4.56. The predicted octanol–water partition coefficient (Wildman–Crippen LogP) is 5.21. The zero-order valence-electron chi connectivity index (χ0n) is 21.4. The molecule has 3 aromatic heterocycles. The number of anilines is 1. The van der Waals surface area contributed by atoms with Crippen molar-refractivity contribution in [2.75, 3.05) is 12.4 Å². The van der Waals surface area contributed by atoms with Crippen LogP contribution in [-0.4, -0.2) is 67.4 Å². The number of hydrogen-bond donors (Lipinski definition) is 2. The van der Waals surface area contributed by atoms with E-state index in [0.29, 0.717) is 22.2 Å². The third-order valence-corrected chi connectivity index (χ3v) is 9.63. The first-order valence-electron chi connectivity index (χ1n) is 12.6. The van der Waals surface area contributed by atoms with Crippen LogP contribution in [0, 0.1) is 0 Å². The van der Waals surface area contributed by atoms with Crippen LogP contribution in [0.25, 0.3) is 20.8 Å². The van der Waals surface area contributed by atoms with Crippen molar-refractivity contribution in [1.29, 1.82) is 0 Å². The molecule has 4 atom stereocenters. The summed E-state index contributed by atoms with van der Waals surface area (Å²) >= 11 is 0.840. The van der Waals surface area contributed by atoms with Crippen LogP contribution in [0.2, 0.25) is 0 Å². The predicted molar refractivity (Wildman–Crippen MR) is 143 cm³/mol. The van der Waals surface area contributed by atoms with Gasteiger partial charge in [-0.15, -0.1) is 11.3 Å². The molecule has 1 aromatic carbocycles. The molecule has 2 bridgehead atoms. The summed E-state index contributed by atoms with van der Waals surface area (Å²) in [5.41, 5.74) is -3.79. The quantitative estimate of drug-likeness (QED) is 0.222. The number of aromatic nitrogens is 4. The summed E-state index contributed by atoms with van der Waals surface area (Å²) in [6.45, 7) is -0.127. The molecule has 2 aliphatic rings. The maximum atomic E-state index is 15.4. The highest BCUT2D eigenvalue weighted by Crippen LogP contribution is 2.51. The standard InChI is InChI=1S/C25H25F4N7O2S2/c1-35-10-16(31-11-35)24(37)30-9-18-33-23(34-38-18)22-21(40-25(27,28)29)13-4-3-5-14(20(13)39-22)32-15-8-12-6-7-17(19(15)26)36(12)2/h3-5,10-12,15,17,19,32H,6-9H2,1-2H3,(H,30,37)/t12-,15-,17+,19-/m1/s1. The Morgan fingerprint density at radius 2 is 2.10 bits per heavy atom. The summed E-state index contributed by atoms with van der Waals surface area (Å²) in [5.74, 6) is -0.457. The molecule has 0 unspecified atom stereocenters. The molecule has 15 heteroatoms. The fraction of sp³-hybridized carbons (Fsp3) is 0.440. The fourth-order valence-corrected chi connectivity index (χ4v) is 7.62. The molecule has 0 saturated carbocycles. The van der Waals surface area contributed by atoms with Gasteiger partial charge in [-0.05, 0) is 44.1 Å². The van der Waals surface area contributed by atoms with Gasteiger partial charge < -0.3 is 19.7 Å². The number of piperidine rings is 1. The number of carbonyl (C=O) groups excluding carboxylic acids is 1. The number of amides is 1. The molecule has 1 amide bonds. The van der Waals surface area contributed by atoms with Crippen molar-refractivity contribution in [3.05, 3.63) is 42.3 Å². The highest BCUT2D eigenvalue weighted by Gasteiger charge is 2.46. The van der Waals surface area contributed by atoms with Gasteiger partial charge in [0.15, 0.2) is 0 Å². The van der Waals surface area contributed by atoms with Gasteiger partial charge in [0, 0.05) is 35.6 Å². The Bertz CT molecular complexity index is 1550. The van der Waals surface area contributed by atoms with Crippen LogP contribution >= 0.6 is 23.1 Å². The van der Waals surface area contributed by atoms with E-state index in [-0.39, 0.29) is 57.6 Å². The number of halogens is 4. The fourth-order valence-electron chi connectivity index (χ4n) is 5.51. The van der Waals surface area contributed by atoms with Crippen LogP contribution in [-0.2, 0) is 13.6 Å². The molecule has 6 rings (SSSR count). The zero-order valence-corrected chi connectivity index (χ0v) is 23.0. The third kappa shape index (κ3) is 5.17. The van der Waals surface area contributed by atoms with Crippen molar-refractivity contribution in [2.45, 2.75) is 60.5 Å². The van der Waals surface area contributed by atoms with Gasteiger partial charge in [-0.25, -0.2) is 9.37 Å². The van der Waals surface area contributed by atoms with Gasteiger partial charge in [-0.2, -0.15) is 18.2 Å². The van der Waals surface area contributed by atoms with Gasteiger partial charge in [0.2, 0.25) is 11.7 Å². The van der Waals surface area contributed by atoms with Gasteiger partial charge in [-0.3, -0.25) is 9.69 Å². The average Bonchev–Trinajstić information content (AvgIpc) is 3.67. The maximum Gasteiger partial charge on any atom is 0.446 e. The lowest BCUT2D eigenvalue weighted by molar-refractivity contribution is -0.0327. The first kappa shape index (κ1) is 27.0. The second-order valence-corrected chi connectivity index (χ2v) is 12.1. The average molecular weight is 596 g/mol. The first-order valence-corrected chi connectivity index (χ1v) is 14.2. The van der Waals surface area contributed by atoms with Crippen LogP contribution in [0.3, 0.4) is 0 Å². The van der Waals surface area contributed by atoms with E-state index in [2.05, 4.69) is 30.7 Å². The molecule has 2 saturated heterocycles. The summed E-state index contributed by atoms with van der Waals surface area (Å²) in [6, 6.07) is 4.69. The van der Waals surface area contributed by atoms with Crippen LogP contribution in [0.5, 0.6) is 0 Å². The monoisotopic (exact) mass is 595 g/mol. The van der Waals surface area contributed by atoms with E-state index in [1.807, 2.05) is 7.05 Å². The van der Waals surface area contributed by atoms with Gasteiger partial charge in [0.25, 0.3) is 5.91 Å². The van der Waals surface area contributed by atoms with Crippen molar-refractivity contribution < 1.29 is 26.9 Å². The lowest BCUT2D eigenvalue weighted by Gasteiger charge is -2.39. The molecular formula is C25H25F4N7O2S2. The number of alkyl halides is 4. The van der Waals surface area contributed by atoms with Gasteiger partial charge in [-0.1, -0.05) is 17.3 Å². The van der Waals surface area contributed by atoms with Crippen molar-refractivity contribution in [3.8, 4) is 10.7 Å². The number of fused-ring (bicyclic) bond motifs is 3. The van der Waals surface area contributed by atoms with E-state index in [0.717, 1.165) is 24.2 Å². The van der Waals surface area contributed by atoms with E-state index in [4.69, 9.17) is 4.52 Å². The summed E-state index contributed by atoms with van der Waals surface area (Å²) in [5, 5.41) is 10.2. The Morgan fingerprint density at radius 1 is 1.27 bits per heavy atom. The van der Waals surface area contributed by atoms with E-state index < -0.39 is 23.6 Å². The van der Waals surface area contributed by atoms with Crippen LogP contribution < -0.4 is 10.6 Å². The molecule has 0 aliphatic carbocycles. The second kappa shape index (κ2) is 10.3. The van der Waals surface area contributed by atoms with Crippen LogP contribution in [0.15, 0.2) is 40.1 Å². The van der Waals surface area contributed by atoms with E-state index in [1.165, 1.54) is 6.33 Å². The van der Waals surface area contributed by atoms with Gasteiger partial charge in [0.1, 0.15) is 11.9 Å². The SMILES string of the molecule is CN1[C@@H]2CC[C@H]1[C@H](F)[C@H](Nc1cccc3c(SC(F)(F)F)c(-c4noc(CNC(=O)c5cn(C)cn5)n4)sc13)C2. The number of hydrogen-bond acceptors (Lipinski definition) is 9. The lowest BCUT2D eigenvalue weighted by Crippen LogP contribution is -2.53. The molecular weight excluding hydrogens is 570 g/mol. The Balaban J connectivity index is 1.29. The molecule has 9 nitrogen and oxygen atoms in total. The molecule has 0 spiro atoms. The molecule has 2 N–H and O–H groups in total. The van der Waals surface area contributed by atoms with Crippen molar-refractivity contribution >= 4 is 44.8 Å². The smallest absolute Gasteiger partial charge is 0.378 e. The molecule has 2 fully saturated rings. The summed E-state index contributed by atoms with van der Waals surface area (Å²) in [7, 11) is 3.67. The minimum absolute atomic E-state index is 0.0262. The largest absolute Gasteiger partial charge is 0.446 e. The van der Waals surface area contributed by atoms with Crippen LogP contribution in [0.1, 0.15) is 35.6 Å². The van der Waals surface area contributed by atoms with Crippen molar-refractivity contribution in [2.24, 2.45) is 7.05 Å². The Kier molecular flexibility index (Phi) is 6.99. The second-order valence-electron chi connectivity index (χ2n) is 10.0. The molecule has 212 valence electrons. The number of thioether (sulfide) groups is 1. The number of nitrogens with one attached hydrogen (secondary N) is 2. The number of thiophene rings is 1. The topological polar surface area (TPSA) is 101 Å².